The summed E-state index contributed by atoms with van der Waals surface area (Å²) in [6.45, 7) is 2.50. The molecule has 2 aromatic heterocycles. The lowest BCUT2D eigenvalue weighted by atomic mass is 10.3. The molecule has 1 unspecified atom stereocenters. The van der Waals surface area contributed by atoms with E-state index in [-0.39, 0.29) is 6.04 Å². The lowest BCUT2D eigenvalue weighted by Gasteiger charge is -2.22. The van der Waals surface area contributed by atoms with E-state index in [0.717, 1.165) is 10.6 Å². The van der Waals surface area contributed by atoms with Gasteiger partial charge in [-0.25, -0.2) is 8.42 Å². The lowest BCUT2D eigenvalue weighted by Crippen LogP contribution is -2.29. The first-order chi connectivity index (χ1) is 9.46. The van der Waals surface area contributed by atoms with E-state index < -0.39 is 10.0 Å². The Hall–Kier alpha value is -1.15. The van der Waals surface area contributed by atoms with Gasteiger partial charge in [-0.15, -0.1) is 11.3 Å². The largest absolute Gasteiger partial charge is 0.363 e. The van der Waals surface area contributed by atoms with Gasteiger partial charge in [0.25, 0.3) is 0 Å². The molecule has 2 rings (SSSR count). The molecule has 0 aliphatic carbocycles. The molecule has 0 saturated heterocycles. The fourth-order valence-corrected chi connectivity index (χ4v) is 4.20. The minimum absolute atomic E-state index is 0.178. The molecule has 2 aromatic rings. The van der Waals surface area contributed by atoms with Crippen LogP contribution in [0.1, 0.15) is 23.5 Å². The highest BCUT2D eigenvalue weighted by atomic mass is 32.2. The van der Waals surface area contributed by atoms with Crippen LogP contribution in [-0.4, -0.2) is 31.8 Å². The number of hydrogen-bond acceptors (Lipinski definition) is 4. The number of H-pyrrole nitrogens is 1. The van der Waals surface area contributed by atoms with Gasteiger partial charge in [0.05, 0.1) is 10.9 Å². The van der Waals surface area contributed by atoms with Crippen LogP contribution >= 0.6 is 11.3 Å². The SMILES string of the molecule is CNCc1cc(S(=O)(=O)N(C)C(C)c2cccs2)c[nH]1. The highest BCUT2D eigenvalue weighted by Gasteiger charge is 2.27. The highest BCUT2D eigenvalue weighted by Crippen LogP contribution is 2.28. The smallest absolute Gasteiger partial charge is 0.244 e. The third kappa shape index (κ3) is 2.95. The monoisotopic (exact) mass is 313 g/mol. The summed E-state index contributed by atoms with van der Waals surface area (Å²) in [5, 5.41) is 4.94. The first-order valence-electron chi connectivity index (χ1n) is 6.30. The Kier molecular flexibility index (Phi) is 4.64. The average molecular weight is 313 g/mol. The van der Waals surface area contributed by atoms with Crippen LogP contribution in [0, 0.1) is 0 Å². The summed E-state index contributed by atoms with van der Waals surface area (Å²) in [4.78, 5) is 4.30. The summed E-state index contributed by atoms with van der Waals surface area (Å²) in [5.74, 6) is 0. The molecule has 1 atom stereocenters. The summed E-state index contributed by atoms with van der Waals surface area (Å²) in [7, 11) is -0.0458. The minimum atomic E-state index is -3.48. The normalized spacial score (nSPS) is 13.8. The number of hydrogen-bond donors (Lipinski definition) is 2. The van der Waals surface area contributed by atoms with Gasteiger partial charge in [-0.2, -0.15) is 4.31 Å². The summed E-state index contributed by atoms with van der Waals surface area (Å²) in [5.41, 5.74) is 0.850. The van der Waals surface area contributed by atoms with E-state index in [2.05, 4.69) is 10.3 Å². The number of sulfonamides is 1. The topological polar surface area (TPSA) is 65.2 Å². The number of thiophene rings is 1. The first kappa shape index (κ1) is 15.2. The van der Waals surface area contributed by atoms with Gasteiger partial charge in [0, 0.05) is 30.4 Å². The van der Waals surface area contributed by atoms with Crippen molar-refractivity contribution in [2.24, 2.45) is 0 Å². The summed E-state index contributed by atoms with van der Waals surface area (Å²) in [6.07, 6.45) is 1.54. The molecule has 0 amide bonds. The molecule has 0 aromatic carbocycles. The van der Waals surface area contributed by atoms with Crippen LogP contribution in [0.5, 0.6) is 0 Å². The van der Waals surface area contributed by atoms with E-state index >= 15 is 0 Å². The highest BCUT2D eigenvalue weighted by molar-refractivity contribution is 7.89. The van der Waals surface area contributed by atoms with Gasteiger partial charge in [0.2, 0.25) is 10.0 Å². The van der Waals surface area contributed by atoms with Gasteiger partial charge >= 0.3 is 0 Å². The molecule has 2 heterocycles. The predicted octanol–water partition coefficient (Wildman–Crippen LogP) is 2.18. The zero-order valence-electron chi connectivity index (χ0n) is 11.8. The van der Waals surface area contributed by atoms with Gasteiger partial charge < -0.3 is 10.3 Å². The van der Waals surface area contributed by atoms with Crippen molar-refractivity contribution >= 4 is 21.4 Å². The predicted molar refractivity (Wildman–Crippen MR) is 81.2 cm³/mol. The van der Waals surface area contributed by atoms with E-state index in [0.29, 0.717) is 11.4 Å². The molecule has 0 saturated carbocycles. The van der Waals surface area contributed by atoms with Crippen molar-refractivity contribution in [3.8, 4) is 0 Å². The van der Waals surface area contributed by atoms with E-state index in [1.165, 1.54) is 4.31 Å². The van der Waals surface area contributed by atoms with Crippen molar-refractivity contribution < 1.29 is 8.42 Å². The molecule has 0 fully saturated rings. The first-order valence-corrected chi connectivity index (χ1v) is 8.62. The molecule has 7 heteroatoms. The van der Waals surface area contributed by atoms with Gasteiger partial charge in [-0.3, -0.25) is 0 Å². The fourth-order valence-electron chi connectivity index (χ4n) is 1.94. The molecule has 0 radical (unpaired) electrons. The van der Waals surface area contributed by atoms with Crippen LogP contribution < -0.4 is 5.32 Å². The third-order valence-corrected chi connectivity index (χ3v) is 6.21. The van der Waals surface area contributed by atoms with Gasteiger partial charge in [-0.1, -0.05) is 6.07 Å². The third-order valence-electron chi connectivity index (χ3n) is 3.26. The van der Waals surface area contributed by atoms with Gasteiger partial charge in [0.1, 0.15) is 0 Å². The van der Waals surface area contributed by atoms with Crippen LogP contribution in [0.25, 0.3) is 0 Å². The molecule has 20 heavy (non-hydrogen) atoms. The molecule has 2 N–H and O–H groups in total. The van der Waals surface area contributed by atoms with E-state index in [9.17, 15) is 8.42 Å². The maximum Gasteiger partial charge on any atom is 0.244 e. The van der Waals surface area contributed by atoms with E-state index in [4.69, 9.17) is 0 Å². The maximum absolute atomic E-state index is 12.6. The lowest BCUT2D eigenvalue weighted by molar-refractivity contribution is 0.403. The number of rotatable bonds is 6. The van der Waals surface area contributed by atoms with Crippen molar-refractivity contribution in [1.82, 2.24) is 14.6 Å². The van der Waals surface area contributed by atoms with Crippen molar-refractivity contribution in [3.05, 3.63) is 40.3 Å². The van der Waals surface area contributed by atoms with Crippen LogP contribution in [0.2, 0.25) is 0 Å². The standard InChI is InChI=1S/C13H19N3O2S2/c1-10(13-5-4-6-19-13)16(3)20(17,18)12-7-11(8-14-2)15-9-12/h4-7,9-10,14-15H,8H2,1-3H3. The Morgan fingerprint density at radius 2 is 2.25 bits per heavy atom. The average Bonchev–Trinajstić information content (AvgIpc) is 3.08. The van der Waals surface area contributed by atoms with Gasteiger partial charge in [-0.05, 0) is 31.5 Å². The summed E-state index contributed by atoms with van der Waals surface area (Å²) < 4.78 is 26.6. The van der Waals surface area contributed by atoms with E-state index in [1.807, 2.05) is 31.5 Å². The Balaban J connectivity index is 2.24. The maximum atomic E-state index is 12.6. The zero-order valence-corrected chi connectivity index (χ0v) is 13.4. The summed E-state index contributed by atoms with van der Waals surface area (Å²) >= 11 is 1.56. The molecular formula is C13H19N3O2S2. The van der Waals surface area contributed by atoms with E-state index in [1.54, 1.807) is 30.6 Å². The fraction of sp³-hybridized carbons (Fsp3) is 0.385. The van der Waals surface area contributed by atoms with Crippen LogP contribution in [-0.2, 0) is 16.6 Å². The molecule has 0 aliphatic heterocycles. The quantitative estimate of drug-likeness (QED) is 0.859. The Bertz CT molecular complexity index is 647. The minimum Gasteiger partial charge on any atom is -0.363 e. The Morgan fingerprint density at radius 1 is 1.50 bits per heavy atom. The van der Waals surface area contributed by atoms with Crippen molar-refractivity contribution in [2.75, 3.05) is 14.1 Å². The molecule has 0 bridgehead atoms. The summed E-state index contributed by atoms with van der Waals surface area (Å²) in [6, 6.07) is 5.37. The van der Waals surface area contributed by atoms with Crippen molar-refractivity contribution in [1.29, 1.82) is 0 Å². The number of nitrogens with one attached hydrogen (secondary N) is 2. The molecule has 0 aliphatic rings. The second-order valence-corrected chi connectivity index (χ2v) is 7.58. The molecule has 5 nitrogen and oxygen atoms in total. The number of nitrogens with zero attached hydrogens (tertiary/aromatic N) is 1. The Labute approximate surface area is 123 Å². The molecule has 110 valence electrons. The Morgan fingerprint density at radius 3 is 2.85 bits per heavy atom. The second kappa shape index (κ2) is 6.09. The molecule has 0 spiro atoms. The second-order valence-electron chi connectivity index (χ2n) is 4.60. The van der Waals surface area contributed by atoms with Gasteiger partial charge in [0.15, 0.2) is 0 Å². The molecular weight excluding hydrogens is 294 g/mol. The van der Waals surface area contributed by atoms with Crippen LogP contribution in [0.4, 0.5) is 0 Å². The van der Waals surface area contributed by atoms with Crippen molar-refractivity contribution in [2.45, 2.75) is 24.4 Å². The number of aromatic amines is 1. The zero-order chi connectivity index (χ0) is 14.8. The van der Waals surface area contributed by atoms with Crippen molar-refractivity contribution in [3.63, 3.8) is 0 Å². The van der Waals surface area contributed by atoms with Crippen LogP contribution in [0.15, 0.2) is 34.7 Å². The van der Waals surface area contributed by atoms with Crippen LogP contribution in [0.3, 0.4) is 0 Å². The number of aromatic nitrogens is 1.